The fraction of sp³-hybridized carbons (Fsp3) is 0.412. The molecule has 0 amide bonds. The Hall–Kier alpha value is -1.83. The number of aromatic nitrogens is 2. The van der Waals surface area contributed by atoms with Crippen LogP contribution in [0.2, 0.25) is 0 Å². The fourth-order valence-electron chi connectivity index (χ4n) is 2.68. The number of hydrogen-bond acceptors (Lipinski definition) is 5. The Kier molecular flexibility index (Phi) is 5.23. The van der Waals surface area contributed by atoms with E-state index in [0.29, 0.717) is 17.0 Å². The molecule has 1 N–H and O–H groups in total. The van der Waals surface area contributed by atoms with E-state index in [1.165, 1.54) is 0 Å². The van der Waals surface area contributed by atoms with E-state index in [2.05, 4.69) is 14.7 Å². The highest BCUT2D eigenvalue weighted by molar-refractivity contribution is 7.89. The molecule has 0 aliphatic carbocycles. The highest BCUT2D eigenvalue weighted by atomic mass is 32.2. The average Bonchev–Trinajstić information content (AvgIpc) is 2.61. The van der Waals surface area contributed by atoms with Gasteiger partial charge in [-0.3, -0.25) is 0 Å². The molecule has 3 rings (SSSR count). The Morgan fingerprint density at radius 1 is 1.21 bits per heavy atom. The van der Waals surface area contributed by atoms with Gasteiger partial charge in [-0.15, -0.1) is 0 Å². The second-order valence-corrected chi connectivity index (χ2v) is 7.63. The van der Waals surface area contributed by atoms with Crippen molar-refractivity contribution in [3.63, 3.8) is 0 Å². The summed E-state index contributed by atoms with van der Waals surface area (Å²) in [6.45, 7) is 2.67. The van der Waals surface area contributed by atoms with E-state index >= 15 is 0 Å². The predicted octanol–water partition coefficient (Wildman–Crippen LogP) is 2.51. The monoisotopic (exact) mass is 347 g/mol. The van der Waals surface area contributed by atoms with E-state index in [1.807, 2.05) is 6.07 Å². The summed E-state index contributed by atoms with van der Waals surface area (Å²) in [6.07, 6.45) is 6.39. The van der Waals surface area contributed by atoms with E-state index in [4.69, 9.17) is 4.74 Å². The van der Waals surface area contributed by atoms with Gasteiger partial charge in [0, 0.05) is 31.1 Å². The van der Waals surface area contributed by atoms with E-state index in [9.17, 15) is 8.42 Å². The smallest absolute Gasteiger partial charge is 0.241 e. The van der Waals surface area contributed by atoms with E-state index in [1.54, 1.807) is 37.5 Å². The second kappa shape index (κ2) is 7.38. The van der Waals surface area contributed by atoms with E-state index in [0.717, 1.165) is 25.9 Å². The normalized spacial score (nSPS) is 18.5. The Morgan fingerprint density at radius 2 is 1.96 bits per heavy atom. The number of rotatable bonds is 5. The summed E-state index contributed by atoms with van der Waals surface area (Å²) >= 11 is 0. The van der Waals surface area contributed by atoms with Gasteiger partial charge in [0.2, 0.25) is 10.0 Å². The van der Waals surface area contributed by atoms with E-state index in [-0.39, 0.29) is 17.5 Å². The molecule has 1 unspecified atom stereocenters. The Morgan fingerprint density at radius 3 is 2.62 bits per heavy atom. The Labute approximate surface area is 142 Å². The minimum Gasteiger partial charge on any atom is -0.370 e. The number of ether oxygens (including phenoxy) is 1. The van der Waals surface area contributed by atoms with Crippen molar-refractivity contribution >= 4 is 10.0 Å². The van der Waals surface area contributed by atoms with Crippen molar-refractivity contribution in [3.8, 4) is 0 Å². The Balaban J connectivity index is 1.65. The van der Waals surface area contributed by atoms with Gasteiger partial charge in [-0.25, -0.2) is 23.1 Å². The molecule has 0 spiro atoms. The van der Waals surface area contributed by atoms with Crippen LogP contribution in [0.1, 0.15) is 42.3 Å². The molecular formula is C17H21N3O3S. The third kappa shape index (κ3) is 3.98. The highest BCUT2D eigenvalue weighted by Crippen LogP contribution is 2.24. The summed E-state index contributed by atoms with van der Waals surface area (Å²) in [5.41, 5.74) is 1.43. The third-order valence-corrected chi connectivity index (χ3v) is 5.60. The quantitative estimate of drug-likeness (QED) is 0.899. The first-order valence-corrected chi connectivity index (χ1v) is 9.52. The standard InChI is InChI=1S/C17H21N3O3S/c1-13-6-2-3-8-16(13)24(21,22)20-12-14-10-18-17(19-11-14)15-7-4-5-9-23-15/h2-3,6,8,10-11,15,20H,4-5,7,9,12H2,1H3. The molecule has 128 valence electrons. The molecule has 0 saturated carbocycles. The van der Waals surface area contributed by atoms with Crippen molar-refractivity contribution in [3.05, 3.63) is 53.6 Å². The van der Waals surface area contributed by atoms with Crippen LogP contribution < -0.4 is 4.72 Å². The van der Waals surface area contributed by atoms with Crippen LogP contribution in [0.4, 0.5) is 0 Å². The van der Waals surface area contributed by atoms with Gasteiger partial charge in [0.15, 0.2) is 5.82 Å². The second-order valence-electron chi connectivity index (χ2n) is 5.89. The first-order chi connectivity index (χ1) is 11.6. The number of benzene rings is 1. The van der Waals surface area contributed by atoms with Crippen molar-refractivity contribution in [2.75, 3.05) is 6.61 Å². The summed E-state index contributed by atoms with van der Waals surface area (Å²) in [5.74, 6) is 0.667. The van der Waals surface area contributed by atoms with Gasteiger partial charge in [0.05, 0.1) is 4.90 Å². The summed E-state index contributed by atoms with van der Waals surface area (Å²) in [5, 5.41) is 0. The predicted molar refractivity (Wildman–Crippen MR) is 89.8 cm³/mol. The van der Waals surface area contributed by atoms with Crippen LogP contribution in [-0.4, -0.2) is 25.0 Å². The van der Waals surface area contributed by atoms with Crippen LogP contribution in [-0.2, 0) is 21.3 Å². The molecular weight excluding hydrogens is 326 g/mol. The molecule has 1 saturated heterocycles. The average molecular weight is 347 g/mol. The van der Waals surface area contributed by atoms with Crippen LogP contribution in [0.3, 0.4) is 0 Å². The molecule has 2 heterocycles. The van der Waals surface area contributed by atoms with E-state index < -0.39 is 10.0 Å². The molecule has 1 fully saturated rings. The van der Waals surface area contributed by atoms with Gasteiger partial charge >= 0.3 is 0 Å². The summed E-state index contributed by atoms with van der Waals surface area (Å²) in [4.78, 5) is 8.93. The molecule has 1 aliphatic heterocycles. The van der Waals surface area contributed by atoms with Gasteiger partial charge in [0.25, 0.3) is 0 Å². The van der Waals surface area contributed by atoms with Crippen molar-refractivity contribution in [2.45, 2.75) is 43.7 Å². The highest BCUT2D eigenvalue weighted by Gasteiger charge is 2.19. The minimum atomic E-state index is -3.55. The molecule has 2 aromatic rings. The first-order valence-electron chi connectivity index (χ1n) is 8.04. The lowest BCUT2D eigenvalue weighted by Crippen LogP contribution is -2.24. The van der Waals surface area contributed by atoms with Gasteiger partial charge < -0.3 is 4.74 Å². The maximum Gasteiger partial charge on any atom is 0.241 e. The first kappa shape index (κ1) is 17.0. The van der Waals surface area contributed by atoms with Crippen molar-refractivity contribution in [1.29, 1.82) is 0 Å². The molecule has 24 heavy (non-hydrogen) atoms. The fourth-order valence-corrected chi connectivity index (χ4v) is 3.94. The summed E-state index contributed by atoms with van der Waals surface area (Å²) in [6, 6.07) is 6.90. The van der Waals surface area contributed by atoms with Crippen LogP contribution >= 0.6 is 0 Å². The zero-order valence-electron chi connectivity index (χ0n) is 13.6. The number of hydrogen-bond donors (Lipinski definition) is 1. The lowest BCUT2D eigenvalue weighted by atomic mass is 10.1. The summed E-state index contributed by atoms with van der Waals surface area (Å²) in [7, 11) is -3.55. The summed E-state index contributed by atoms with van der Waals surface area (Å²) < 4.78 is 33.0. The number of nitrogens with one attached hydrogen (secondary N) is 1. The lowest BCUT2D eigenvalue weighted by Gasteiger charge is -2.21. The molecule has 1 aromatic carbocycles. The van der Waals surface area contributed by atoms with Gasteiger partial charge in [-0.05, 0) is 37.8 Å². The van der Waals surface area contributed by atoms with Crippen LogP contribution in [0, 0.1) is 6.92 Å². The molecule has 6 nitrogen and oxygen atoms in total. The molecule has 1 aromatic heterocycles. The van der Waals surface area contributed by atoms with Crippen molar-refractivity contribution < 1.29 is 13.2 Å². The maximum atomic E-state index is 12.4. The van der Waals surface area contributed by atoms with Gasteiger partial charge in [0.1, 0.15) is 6.10 Å². The van der Waals surface area contributed by atoms with Gasteiger partial charge in [-0.2, -0.15) is 0 Å². The van der Waals surface area contributed by atoms with Crippen LogP contribution in [0.25, 0.3) is 0 Å². The molecule has 7 heteroatoms. The largest absolute Gasteiger partial charge is 0.370 e. The SMILES string of the molecule is Cc1ccccc1S(=O)(=O)NCc1cnc(C2CCCCO2)nc1. The molecule has 0 radical (unpaired) electrons. The Bertz CT molecular complexity index is 785. The van der Waals surface area contributed by atoms with Crippen molar-refractivity contribution in [2.24, 2.45) is 0 Å². The molecule has 1 atom stereocenters. The van der Waals surface area contributed by atoms with Crippen LogP contribution in [0.5, 0.6) is 0 Å². The number of sulfonamides is 1. The zero-order valence-corrected chi connectivity index (χ0v) is 14.4. The topological polar surface area (TPSA) is 81.2 Å². The van der Waals surface area contributed by atoms with Crippen LogP contribution in [0.15, 0.2) is 41.6 Å². The minimum absolute atomic E-state index is 0.0449. The number of nitrogens with zero attached hydrogens (tertiary/aromatic N) is 2. The molecule has 0 bridgehead atoms. The van der Waals surface area contributed by atoms with Gasteiger partial charge in [-0.1, -0.05) is 18.2 Å². The zero-order chi connectivity index (χ0) is 17.0. The third-order valence-electron chi connectivity index (χ3n) is 4.04. The molecule has 1 aliphatic rings. The van der Waals surface area contributed by atoms with Crippen molar-refractivity contribution in [1.82, 2.24) is 14.7 Å². The maximum absolute atomic E-state index is 12.4. The number of aryl methyl sites for hydroxylation is 1. The lowest BCUT2D eigenvalue weighted by molar-refractivity contribution is 0.00940.